The zero-order valence-corrected chi connectivity index (χ0v) is 8.73. The Hall–Kier alpha value is -2.17. The van der Waals surface area contributed by atoms with Crippen LogP contribution in [0.1, 0.15) is 11.5 Å². The summed E-state index contributed by atoms with van der Waals surface area (Å²) >= 11 is 0. The molecule has 0 bridgehead atoms. The predicted octanol–water partition coefficient (Wildman–Crippen LogP) is 1.70. The third-order valence-electron chi connectivity index (χ3n) is 2.11. The number of nitrogens with two attached hydrogens (primary N) is 1. The summed E-state index contributed by atoms with van der Waals surface area (Å²) in [5.41, 5.74) is 6.22. The Kier molecular flexibility index (Phi) is 2.68. The normalized spacial score (nSPS) is 10.3. The average Bonchev–Trinajstić information content (AvgIpc) is 2.56. The van der Waals surface area contributed by atoms with Crippen LogP contribution in [0.25, 0.3) is 0 Å². The van der Waals surface area contributed by atoms with Gasteiger partial charge in [0, 0.05) is 0 Å². The Morgan fingerprint density at radius 3 is 2.69 bits per heavy atom. The number of para-hydroxylation sites is 2. The molecule has 1 heterocycles. The van der Waals surface area contributed by atoms with E-state index >= 15 is 0 Å². The van der Waals surface area contributed by atoms with E-state index < -0.39 is 5.82 Å². The molecule has 0 radical (unpaired) electrons. The molecule has 0 saturated carbocycles. The van der Waals surface area contributed by atoms with Crippen molar-refractivity contribution < 1.29 is 13.6 Å². The molecule has 5 nitrogen and oxygen atoms in total. The predicted molar refractivity (Wildman–Crippen MR) is 57.2 cm³/mol. The first-order valence-electron chi connectivity index (χ1n) is 4.73. The Bertz CT molecular complexity index is 541. The van der Waals surface area contributed by atoms with Crippen molar-refractivity contribution in [3.05, 3.63) is 46.4 Å². The third kappa shape index (κ3) is 2.08. The van der Waals surface area contributed by atoms with Gasteiger partial charge in [-0.05, 0) is 19.1 Å². The number of rotatable bonds is 3. The zero-order chi connectivity index (χ0) is 11.5. The minimum Gasteiger partial charge on any atom is -0.483 e. The molecular weight excluding hydrogens is 210 g/mol. The SMILES string of the molecule is Cc1oc(=O)oc1COc1ccccc1N. The van der Waals surface area contributed by atoms with Gasteiger partial charge in [0.2, 0.25) is 0 Å². The molecule has 0 unspecified atom stereocenters. The molecule has 5 heteroatoms. The lowest BCUT2D eigenvalue weighted by Crippen LogP contribution is -1.99. The van der Waals surface area contributed by atoms with Gasteiger partial charge >= 0.3 is 5.82 Å². The van der Waals surface area contributed by atoms with E-state index in [9.17, 15) is 4.79 Å². The summed E-state index contributed by atoms with van der Waals surface area (Å²) in [6, 6.07) is 7.09. The summed E-state index contributed by atoms with van der Waals surface area (Å²) in [7, 11) is 0. The van der Waals surface area contributed by atoms with Crippen molar-refractivity contribution in [3.8, 4) is 5.75 Å². The smallest absolute Gasteiger partial charge is 0.483 e. The van der Waals surface area contributed by atoms with Crippen LogP contribution >= 0.6 is 0 Å². The number of anilines is 1. The van der Waals surface area contributed by atoms with Crippen LogP contribution in [-0.4, -0.2) is 0 Å². The van der Waals surface area contributed by atoms with E-state index in [4.69, 9.17) is 19.3 Å². The Labute approximate surface area is 91.4 Å². The average molecular weight is 221 g/mol. The molecule has 2 aromatic rings. The van der Waals surface area contributed by atoms with Crippen LogP contribution in [0.2, 0.25) is 0 Å². The van der Waals surface area contributed by atoms with Crippen LogP contribution in [0, 0.1) is 6.92 Å². The molecule has 0 aliphatic carbocycles. The fraction of sp³-hybridized carbons (Fsp3) is 0.182. The fourth-order valence-corrected chi connectivity index (χ4v) is 1.26. The van der Waals surface area contributed by atoms with Gasteiger partial charge in [-0.15, -0.1) is 0 Å². The summed E-state index contributed by atoms with van der Waals surface area (Å²) in [5.74, 6) is 0.607. The lowest BCUT2D eigenvalue weighted by molar-refractivity contribution is 0.263. The summed E-state index contributed by atoms with van der Waals surface area (Å²) < 4.78 is 14.9. The summed E-state index contributed by atoms with van der Waals surface area (Å²) in [5, 5.41) is 0. The first kappa shape index (κ1) is 10.4. The van der Waals surface area contributed by atoms with Crippen molar-refractivity contribution in [3.63, 3.8) is 0 Å². The second-order valence-corrected chi connectivity index (χ2v) is 3.26. The lowest BCUT2D eigenvalue weighted by Gasteiger charge is -2.06. The lowest BCUT2D eigenvalue weighted by atomic mass is 10.3. The number of nitrogen functional groups attached to an aromatic ring is 1. The van der Waals surface area contributed by atoms with E-state index in [1.54, 1.807) is 19.1 Å². The van der Waals surface area contributed by atoms with E-state index in [0.29, 0.717) is 23.0 Å². The highest BCUT2D eigenvalue weighted by Gasteiger charge is 2.09. The van der Waals surface area contributed by atoms with Crippen molar-refractivity contribution in [2.24, 2.45) is 0 Å². The van der Waals surface area contributed by atoms with Crippen LogP contribution < -0.4 is 16.3 Å². The molecule has 0 aliphatic heterocycles. The molecular formula is C11H11NO4. The summed E-state index contributed by atoms with van der Waals surface area (Å²) in [6.07, 6.45) is 0. The summed E-state index contributed by atoms with van der Waals surface area (Å²) in [4.78, 5) is 10.8. The van der Waals surface area contributed by atoms with Crippen LogP contribution in [0.4, 0.5) is 5.69 Å². The maximum absolute atomic E-state index is 10.8. The van der Waals surface area contributed by atoms with Gasteiger partial charge in [-0.1, -0.05) is 12.1 Å². The molecule has 0 aliphatic rings. The van der Waals surface area contributed by atoms with Gasteiger partial charge in [0.05, 0.1) is 5.69 Å². The quantitative estimate of drug-likeness (QED) is 0.798. The fourth-order valence-electron chi connectivity index (χ4n) is 1.26. The van der Waals surface area contributed by atoms with Gasteiger partial charge in [0.25, 0.3) is 0 Å². The maximum Gasteiger partial charge on any atom is 0.519 e. The molecule has 1 aromatic heterocycles. The Morgan fingerprint density at radius 1 is 1.31 bits per heavy atom. The van der Waals surface area contributed by atoms with Crippen LogP contribution in [0.3, 0.4) is 0 Å². The highest BCUT2D eigenvalue weighted by molar-refractivity contribution is 5.51. The van der Waals surface area contributed by atoms with Gasteiger partial charge in [0.15, 0.2) is 11.5 Å². The van der Waals surface area contributed by atoms with Gasteiger partial charge < -0.3 is 19.3 Å². The van der Waals surface area contributed by atoms with Gasteiger partial charge in [-0.3, -0.25) is 0 Å². The highest BCUT2D eigenvalue weighted by Crippen LogP contribution is 2.21. The number of ether oxygens (including phenoxy) is 1. The van der Waals surface area contributed by atoms with E-state index in [2.05, 4.69) is 0 Å². The topological polar surface area (TPSA) is 78.6 Å². The number of hydrogen-bond acceptors (Lipinski definition) is 5. The van der Waals surface area contributed by atoms with E-state index in [1.807, 2.05) is 12.1 Å². The molecule has 1 aromatic carbocycles. The molecule has 0 spiro atoms. The van der Waals surface area contributed by atoms with Crippen LogP contribution in [-0.2, 0) is 6.61 Å². The second kappa shape index (κ2) is 4.14. The Balaban J connectivity index is 2.11. The molecule has 0 amide bonds. The number of aryl methyl sites for hydroxylation is 1. The van der Waals surface area contributed by atoms with E-state index in [1.165, 1.54) is 0 Å². The molecule has 0 fully saturated rings. The molecule has 84 valence electrons. The van der Waals surface area contributed by atoms with Crippen molar-refractivity contribution >= 4 is 5.69 Å². The van der Waals surface area contributed by atoms with Crippen molar-refractivity contribution in [1.29, 1.82) is 0 Å². The molecule has 16 heavy (non-hydrogen) atoms. The largest absolute Gasteiger partial charge is 0.519 e. The number of benzene rings is 1. The monoisotopic (exact) mass is 221 g/mol. The first-order valence-corrected chi connectivity index (χ1v) is 4.73. The minimum absolute atomic E-state index is 0.117. The molecule has 2 rings (SSSR count). The molecule has 0 saturated heterocycles. The highest BCUT2D eigenvalue weighted by atomic mass is 16.6. The summed E-state index contributed by atoms with van der Waals surface area (Å²) in [6.45, 7) is 1.75. The molecule has 0 atom stereocenters. The minimum atomic E-state index is -0.725. The van der Waals surface area contributed by atoms with Crippen molar-refractivity contribution in [2.75, 3.05) is 5.73 Å². The van der Waals surface area contributed by atoms with E-state index in [-0.39, 0.29) is 6.61 Å². The number of hydrogen-bond donors (Lipinski definition) is 1. The zero-order valence-electron chi connectivity index (χ0n) is 8.73. The van der Waals surface area contributed by atoms with E-state index in [0.717, 1.165) is 0 Å². The third-order valence-corrected chi connectivity index (χ3v) is 2.11. The van der Waals surface area contributed by atoms with Crippen LogP contribution in [0.5, 0.6) is 5.75 Å². The van der Waals surface area contributed by atoms with Gasteiger partial charge in [-0.25, -0.2) is 4.79 Å². The molecule has 2 N–H and O–H groups in total. The van der Waals surface area contributed by atoms with Gasteiger partial charge in [0.1, 0.15) is 12.4 Å². The standard InChI is InChI=1S/C11H11NO4/c1-7-10(16-11(13)15-7)6-14-9-5-3-2-4-8(9)12/h2-5H,6,12H2,1H3. The second-order valence-electron chi connectivity index (χ2n) is 3.26. The Morgan fingerprint density at radius 2 is 2.06 bits per heavy atom. The first-order chi connectivity index (χ1) is 7.66. The van der Waals surface area contributed by atoms with Crippen molar-refractivity contribution in [1.82, 2.24) is 0 Å². The maximum atomic E-state index is 10.8. The van der Waals surface area contributed by atoms with Gasteiger partial charge in [-0.2, -0.15) is 0 Å². The van der Waals surface area contributed by atoms with Crippen LogP contribution in [0.15, 0.2) is 37.9 Å². The van der Waals surface area contributed by atoms with Crippen molar-refractivity contribution in [2.45, 2.75) is 13.5 Å².